The Balaban J connectivity index is 0. The Morgan fingerprint density at radius 1 is 1.42 bits per heavy atom. The van der Waals surface area contributed by atoms with Crippen molar-refractivity contribution in [2.75, 3.05) is 5.88 Å². The lowest BCUT2D eigenvalue weighted by Crippen LogP contribution is -1.65. The van der Waals surface area contributed by atoms with Crippen molar-refractivity contribution < 1.29 is 0 Å². The standard InChI is InChI=1S/C9H12.C2H5Cl/c1-4-7-9(6-3)8-5-2;1-2-3/h4-8H,1,3H2,2H3;2H2,1H3/b8-5-,9-7-;. The Morgan fingerprint density at radius 3 is 2.17 bits per heavy atom. The van der Waals surface area contributed by atoms with Gasteiger partial charge in [0.25, 0.3) is 0 Å². The Labute approximate surface area is 80.9 Å². The van der Waals surface area contributed by atoms with E-state index in [0.29, 0.717) is 0 Å². The van der Waals surface area contributed by atoms with Crippen LogP contribution in [-0.4, -0.2) is 5.88 Å². The minimum atomic E-state index is 0.722. The fraction of sp³-hybridized carbons (Fsp3) is 0.273. The summed E-state index contributed by atoms with van der Waals surface area (Å²) in [6.07, 6.45) is 9.40. The summed E-state index contributed by atoms with van der Waals surface area (Å²) in [5.74, 6) is 0.722. The quantitative estimate of drug-likeness (QED) is 0.458. The fourth-order valence-electron chi connectivity index (χ4n) is 0.520. The molecule has 0 nitrogen and oxygen atoms in total. The van der Waals surface area contributed by atoms with Crippen LogP contribution in [0.3, 0.4) is 0 Å². The van der Waals surface area contributed by atoms with Gasteiger partial charge in [0.05, 0.1) is 0 Å². The first kappa shape index (κ1) is 13.8. The van der Waals surface area contributed by atoms with Crippen LogP contribution in [-0.2, 0) is 0 Å². The topological polar surface area (TPSA) is 0 Å². The van der Waals surface area contributed by atoms with Gasteiger partial charge in [0.1, 0.15) is 0 Å². The average Bonchev–Trinajstić information content (AvgIpc) is 2.05. The highest BCUT2D eigenvalue weighted by atomic mass is 35.5. The molecule has 0 atom stereocenters. The van der Waals surface area contributed by atoms with Crippen LogP contribution >= 0.6 is 11.6 Å². The van der Waals surface area contributed by atoms with E-state index in [0.717, 1.165) is 11.5 Å². The zero-order chi connectivity index (χ0) is 9.82. The third-order valence-corrected chi connectivity index (χ3v) is 0.905. The van der Waals surface area contributed by atoms with Crippen molar-refractivity contribution in [3.63, 3.8) is 0 Å². The predicted octanol–water partition coefficient (Wildman–Crippen LogP) is 4.11. The molecule has 0 N–H and O–H groups in total. The third kappa shape index (κ3) is 12.0. The highest BCUT2D eigenvalue weighted by molar-refractivity contribution is 6.17. The van der Waals surface area contributed by atoms with Gasteiger partial charge in [-0.1, -0.05) is 50.5 Å². The van der Waals surface area contributed by atoms with Gasteiger partial charge < -0.3 is 0 Å². The number of hydrogen-bond acceptors (Lipinski definition) is 0. The van der Waals surface area contributed by atoms with Crippen molar-refractivity contribution >= 4 is 11.6 Å². The van der Waals surface area contributed by atoms with Crippen LogP contribution in [0, 0.1) is 0 Å². The smallest absolute Gasteiger partial charge is 0.0195 e. The molecule has 0 radical (unpaired) electrons. The normalized spacial score (nSPS) is 10.4. The van der Waals surface area contributed by atoms with E-state index in [1.807, 2.05) is 32.1 Å². The van der Waals surface area contributed by atoms with E-state index in [-0.39, 0.29) is 0 Å². The molecule has 0 aliphatic carbocycles. The largest absolute Gasteiger partial charge is 0.127 e. The molecular formula is C11H17Cl. The maximum absolute atomic E-state index is 5.00. The lowest BCUT2D eigenvalue weighted by Gasteiger charge is -1.85. The maximum atomic E-state index is 5.00. The Hall–Kier alpha value is -0.750. The Kier molecular flexibility index (Phi) is 14.8. The van der Waals surface area contributed by atoms with Crippen molar-refractivity contribution in [1.82, 2.24) is 0 Å². The molecule has 0 aliphatic rings. The van der Waals surface area contributed by atoms with Crippen molar-refractivity contribution in [3.8, 4) is 0 Å². The van der Waals surface area contributed by atoms with Crippen LogP contribution in [0.25, 0.3) is 0 Å². The summed E-state index contributed by atoms with van der Waals surface area (Å²) < 4.78 is 0. The van der Waals surface area contributed by atoms with E-state index in [1.54, 1.807) is 12.2 Å². The van der Waals surface area contributed by atoms with Crippen LogP contribution in [0.5, 0.6) is 0 Å². The summed E-state index contributed by atoms with van der Waals surface area (Å²) in [6, 6.07) is 0. The molecule has 0 bridgehead atoms. The van der Waals surface area contributed by atoms with Crippen LogP contribution < -0.4 is 0 Å². The summed E-state index contributed by atoms with van der Waals surface area (Å²) in [7, 11) is 0. The van der Waals surface area contributed by atoms with Crippen molar-refractivity contribution in [3.05, 3.63) is 49.1 Å². The number of allylic oxidation sites excluding steroid dienone is 6. The summed E-state index contributed by atoms with van der Waals surface area (Å²) in [5.41, 5.74) is 1.09. The molecular weight excluding hydrogens is 168 g/mol. The summed E-state index contributed by atoms with van der Waals surface area (Å²) in [5, 5.41) is 0. The highest BCUT2D eigenvalue weighted by Gasteiger charge is 1.76. The predicted molar refractivity (Wildman–Crippen MR) is 59.7 cm³/mol. The summed E-state index contributed by atoms with van der Waals surface area (Å²) >= 11 is 5.00. The molecule has 0 heterocycles. The van der Waals surface area contributed by atoms with Crippen LogP contribution in [0.4, 0.5) is 0 Å². The minimum absolute atomic E-state index is 0.722. The SMILES string of the molecule is C=C/C=C(C=C)\C=C/C.CCCl. The molecule has 0 aromatic heterocycles. The van der Waals surface area contributed by atoms with E-state index in [2.05, 4.69) is 13.2 Å². The van der Waals surface area contributed by atoms with Gasteiger partial charge >= 0.3 is 0 Å². The monoisotopic (exact) mass is 184 g/mol. The van der Waals surface area contributed by atoms with Gasteiger partial charge in [0.15, 0.2) is 0 Å². The molecule has 0 aromatic carbocycles. The second kappa shape index (κ2) is 12.9. The number of halogens is 1. The van der Waals surface area contributed by atoms with Crippen molar-refractivity contribution in [2.45, 2.75) is 13.8 Å². The van der Waals surface area contributed by atoms with Crippen LogP contribution in [0.2, 0.25) is 0 Å². The molecule has 0 spiro atoms. The molecule has 0 aliphatic heterocycles. The number of rotatable bonds is 3. The first-order valence-electron chi connectivity index (χ1n) is 3.90. The van der Waals surface area contributed by atoms with Gasteiger partial charge in [0, 0.05) is 5.88 Å². The molecule has 0 aromatic rings. The Bertz CT molecular complexity index is 164. The minimum Gasteiger partial charge on any atom is -0.127 e. The van der Waals surface area contributed by atoms with Gasteiger partial charge in [-0.15, -0.1) is 11.6 Å². The van der Waals surface area contributed by atoms with Crippen LogP contribution in [0.1, 0.15) is 13.8 Å². The highest BCUT2D eigenvalue weighted by Crippen LogP contribution is 1.96. The van der Waals surface area contributed by atoms with Gasteiger partial charge in [-0.3, -0.25) is 0 Å². The van der Waals surface area contributed by atoms with E-state index in [1.165, 1.54) is 0 Å². The molecule has 68 valence electrons. The van der Waals surface area contributed by atoms with Gasteiger partial charge in [-0.25, -0.2) is 0 Å². The first-order valence-corrected chi connectivity index (χ1v) is 4.44. The second-order valence-corrected chi connectivity index (χ2v) is 2.41. The maximum Gasteiger partial charge on any atom is 0.0195 e. The molecule has 12 heavy (non-hydrogen) atoms. The van der Waals surface area contributed by atoms with Gasteiger partial charge in [-0.05, 0) is 12.5 Å². The van der Waals surface area contributed by atoms with Crippen molar-refractivity contribution in [1.29, 1.82) is 0 Å². The lowest BCUT2D eigenvalue weighted by atomic mass is 10.2. The second-order valence-electron chi connectivity index (χ2n) is 1.87. The van der Waals surface area contributed by atoms with Gasteiger partial charge in [-0.2, -0.15) is 0 Å². The lowest BCUT2D eigenvalue weighted by molar-refractivity contribution is 1.51. The van der Waals surface area contributed by atoms with E-state index >= 15 is 0 Å². The molecule has 0 unspecified atom stereocenters. The molecule has 0 amide bonds. The summed E-state index contributed by atoms with van der Waals surface area (Å²) in [6.45, 7) is 11.1. The van der Waals surface area contributed by atoms with Crippen molar-refractivity contribution in [2.24, 2.45) is 0 Å². The molecule has 0 fully saturated rings. The van der Waals surface area contributed by atoms with Crippen LogP contribution in [0.15, 0.2) is 49.1 Å². The number of alkyl halides is 1. The summed E-state index contributed by atoms with van der Waals surface area (Å²) in [4.78, 5) is 0. The number of hydrogen-bond donors (Lipinski definition) is 0. The first-order chi connectivity index (χ1) is 5.76. The zero-order valence-corrected chi connectivity index (χ0v) is 8.64. The molecule has 1 heteroatoms. The zero-order valence-electron chi connectivity index (χ0n) is 7.89. The average molecular weight is 185 g/mol. The Morgan fingerprint density at radius 2 is 1.92 bits per heavy atom. The van der Waals surface area contributed by atoms with E-state index in [4.69, 9.17) is 11.6 Å². The third-order valence-electron chi connectivity index (χ3n) is 0.905. The van der Waals surface area contributed by atoms with E-state index < -0.39 is 0 Å². The van der Waals surface area contributed by atoms with Gasteiger partial charge in [0.2, 0.25) is 0 Å². The van der Waals surface area contributed by atoms with E-state index in [9.17, 15) is 0 Å². The fourth-order valence-corrected chi connectivity index (χ4v) is 0.520. The molecule has 0 rings (SSSR count). The molecule has 0 saturated carbocycles. The molecule has 0 saturated heterocycles.